The van der Waals surface area contributed by atoms with Crippen molar-refractivity contribution in [1.29, 1.82) is 0 Å². The highest BCUT2D eigenvalue weighted by molar-refractivity contribution is 5.69. The number of aliphatic hydroxyl groups excluding tert-OH is 1. The van der Waals surface area contributed by atoms with E-state index >= 15 is 0 Å². The lowest BCUT2D eigenvalue weighted by molar-refractivity contribution is -0.154. The van der Waals surface area contributed by atoms with Gasteiger partial charge in [0.05, 0.1) is 13.2 Å². The molecule has 0 bridgehead atoms. The first-order valence-electron chi connectivity index (χ1n) is 14.6. The molecule has 0 aliphatic heterocycles. The Hall–Kier alpha value is -1.39. The maximum Gasteiger partial charge on any atom is 0.306 e. The van der Waals surface area contributed by atoms with Gasteiger partial charge in [0.1, 0.15) is 6.10 Å². The van der Waals surface area contributed by atoms with Crippen LogP contribution in [-0.4, -0.2) is 37.0 Å². The van der Waals surface area contributed by atoms with E-state index in [2.05, 4.69) is 50.3 Å². The first kappa shape index (κ1) is 33.6. The molecule has 0 rings (SSSR count). The largest absolute Gasteiger partial charge is 0.457 e. The Bertz CT molecular complexity index is 524. The molecule has 0 aromatic heterocycles. The van der Waals surface area contributed by atoms with Gasteiger partial charge in [-0.15, -0.1) is 0 Å². The summed E-state index contributed by atoms with van der Waals surface area (Å²) in [6.45, 7) is 5.13. The Kier molecular flexibility index (Phi) is 27.7. The van der Waals surface area contributed by atoms with E-state index in [0.717, 1.165) is 38.5 Å². The number of carbonyl (C=O) groups excluding carboxylic acids is 1. The molecule has 1 atom stereocenters. The number of carbonyl (C=O) groups is 1. The van der Waals surface area contributed by atoms with Gasteiger partial charge in [0.2, 0.25) is 0 Å². The van der Waals surface area contributed by atoms with E-state index in [1.807, 2.05) is 0 Å². The predicted molar refractivity (Wildman–Crippen MR) is 150 cm³/mol. The van der Waals surface area contributed by atoms with E-state index in [4.69, 9.17) is 9.47 Å². The molecule has 4 heteroatoms. The first-order valence-corrected chi connectivity index (χ1v) is 14.6. The molecule has 1 N–H and O–H groups in total. The third kappa shape index (κ3) is 27.0. The van der Waals surface area contributed by atoms with Crippen LogP contribution in [0.4, 0.5) is 0 Å². The molecule has 204 valence electrons. The molecule has 0 heterocycles. The minimum atomic E-state index is -0.530. The van der Waals surface area contributed by atoms with Crippen LogP contribution in [0.5, 0.6) is 0 Å². The van der Waals surface area contributed by atoms with Crippen LogP contribution in [-0.2, 0) is 14.3 Å². The highest BCUT2D eigenvalue weighted by atomic mass is 16.6. The zero-order valence-electron chi connectivity index (χ0n) is 23.1. The fourth-order valence-corrected chi connectivity index (χ4v) is 3.81. The molecular formula is C31H56O4. The molecule has 0 fully saturated rings. The number of hydrogen-bond acceptors (Lipinski definition) is 4. The highest BCUT2D eigenvalue weighted by Gasteiger charge is 2.13. The third-order valence-electron chi connectivity index (χ3n) is 5.98. The standard InChI is InChI=1S/C31H56O4/c1-3-5-7-9-10-11-12-13-14-15-16-17-18-19-20-21-23-25-27-34-29-30(28-32)35-31(33)26-24-22-8-6-4-2/h5,7,10-11,13-14,30,32H,3-4,6,8-9,12,15-29H2,1-2H3/b7-5-,11-10-,14-13-. The van der Waals surface area contributed by atoms with Gasteiger partial charge in [-0.1, -0.05) is 115 Å². The van der Waals surface area contributed by atoms with Crippen molar-refractivity contribution in [1.82, 2.24) is 0 Å². The molecule has 0 saturated heterocycles. The van der Waals surface area contributed by atoms with Crippen molar-refractivity contribution in [2.45, 2.75) is 136 Å². The molecule has 35 heavy (non-hydrogen) atoms. The summed E-state index contributed by atoms with van der Waals surface area (Å²) in [5, 5.41) is 9.41. The summed E-state index contributed by atoms with van der Waals surface area (Å²) in [6.07, 6.45) is 33.4. The van der Waals surface area contributed by atoms with E-state index in [1.165, 1.54) is 70.6 Å². The Morgan fingerprint density at radius 1 is 0.714 bits per heavy atom. The molecular weight excluding hydrogens is 436 g/mol. The van der Waals surface area contributed by atoms with Crippen molar-refractivity contribution in [3.63, 3.8) is 0 Å². The molecule has 0 radical (unpaired) electrons. The topological polar surface area (TPSA) is 55.8 Å². The van der Waals surface area contributed by atoms with Crippen LogP contribution in [0.15, 0.2) is 36.5 Å². The quantitative estimate of drug-likeness (QED) is 0.0745. The second kappa shape index (κ2) is 28.8. The van der Waals surface area contributed by atoms with Crippen LogP contribution in [0.2, 0.25) is 0 Å². The minimum absolute atomic E-state index is 0.175. The van der Waals surface area contributed by atoms with E-state index in [9.17, 15) is 9.90 Å². The number of aliphatic hydroxyl groups is 1. The monoisotopic (exact) mass is 492 g/mol. The third-order valence-corrected chi connectivity index (χ3v) is 5.98. The number of esters is 1. The summed E-state index contributed by atoms with van der Waals surface area (Å²) in [7, 11) is 0. The van der Waals surface area contributed by atoms with Gasteiger partial charge < -0.3 is 14.6 Å². The van der Waals surface area contributed by atoms with Gasteiger partial charge in [0.15, 0.2) is 0 Å². The molecule has 4 nitrogen and oxygen atoms in total. The summed E-state index contributed by atoms with van der Waals surface area (Å²) in [4.78, 5) is 11.9. The van der Waals surface area contributed by atoms with Crippen LogP contribution in [0.1, 0.15) is 129 Å². The summed E-state index contributed by atoms with van der Waals surface area (Å²) >= 11 is 0. The molecule has 0 aliphatic rings. The number of unbranched alkanes of at least 4 members (excludes halogenated alkanes) is 12. The molecule has 0 aliphatic carbocycles. The number of allylic oxidation sites excluding steroid dienone is 6. The van der Waals surface area contributed by atoms with Crippen molar-refractivity contribution in [3.8, 4) is 0 Å². The van der Waals surface area contributed by atoms with Gasteiger partial charge in [-0.05, 0) is 44.9 Å². The van der Waals surface area contributed by atoms with Gasteiger partial charge >= 0.3 is 5.97 Å². The maximum absolute atomic E-state index is 11.9. The normalized spacial score (nSPS) is 12.9. The Balaban J connectivity index is 3.42. The zero-order valence-corrected chi connectivity index (χ0v) is 23.1. The fourth-order valence-electron chi connectivity index (χ4n) is 3.81. The van der Waals surface area contributed by atoms with Crippen LogP contribution >= 0.6 is 0 Å². The van der Waals surface area contributed by atoms with Gasteiger partial charge in [-0.2, -0.15) is 0 Å². The SMILES string of the molecule is CC/C=C\C/C=C\C/C=C\CCCCCCCCCCOCC(CO)OC(=O)CCCCCCC. The average molecular weight is 493 g/mol. The van der Waals surface area contributed by atoms with Crippen molar-refractivity contribution in [3.05, 3.63) is 36.5 Å². The van der Waals surface area contributed by atoms with E-state index in [1.54, 1.807) is 0 Å². The van der Waals surface area contributed by atoms with Crippen molar-refractivity contribution in [2.75, 3.05) is 19.8 Å². The summed E-state index contributed by atoms with van der Waals surface area (Å²) in [5.41, 5.74) is 0. The Morgan fingerprint density at radius 2 is 1.29 bits per heavy atom. The minimum Gasteiger partial charge on any atom is -0.457 e. The lowest BCUT2D eigenvalue weighted by atomic mass is 10.1. The number of rotatable bonds is 26. The van der Waals surface area contributed by atoms with Gasteiger partial charge in [-0.25, -0.2) is 0 Å². The molecule has 0 saturated carbocycles. The predicted octanol–water partition coefficient (Wildman–Crippen LogP) is 8.64. The summed E-state index contributed by atoms with van der Waals surface area (Å²) in [5.74, 6) is -0.219. The van der Waals surface area contributed by atoms with Crippen LogP contribution in [0.3, 0.4) is 0 Å². The van der Waals surface area contributed by atoms with Crippen molar-refractivity contribution >= 4 is 5.97 Å². The van der Waals surface area contributed by atoms with Crippen LogP contribution in [0.25, 0.3) is 0 Å². The van der Waals surface area contributed by atoms with E-state index in [0.29, 0.717) is 19.6 Å². The summed E-state index contributed by atoms with van der Waals surface area (Å²) in [6, 6.07) is 0. The second-order valence-electron chi connectivity index (χ2n) is 9.44. The molecule has 0 spiro atoms. The Labute approximate surface area is 217 Å². The van der Waals surface area contributed by atoms with Gasteiger partial charge in [0.25, 0.3) is 0 Å². The van der Waals surface area contributed by atoms with E-state index in [-0.39, 0.29) is 12.6 Å². The van der Waals surface area contributed by atoms with Gasteiger partial charge in [-0.3, -0.25) is 4.79 Å². The maximum atomic E-state index is 11.9. The molecule has 0 aromatic carbocycles. The lowest BCUT2D eigenvalue weighted by Gasteiger charge is -2.15. The molecule has 1 unspecified atom stereocenters. The fraction of sp³-hybridized carbons (Fsp3) is 0.774. The number of hydrogen-bond donors (Lipinski definition) is 1. The highest BCUT2D eigenvalue weighted by Crippen LogP contribution is 2.11. The van der Waals surface area contributed by atoms with Crippen molar-refractivity contribution < 1.29 is 19.4 Å². The summed E-state index contributed by atoms with van der Waals surface area (Å²) < 4.78 is 10.9. The first-order chi connectivity index (χ1) is 17.2. The van der Waals surface area contributed by atoms with Gasteiger partial charge in [0, 0.05) is 13.0 Å². The van der Waals surface area contributed by atoms with E-state index < -0.39 is 6.10 Å². The second-order valence-corrected chi connectivity index (χ2v) is 9.44. The van der Waals surface area contributed by atoms with Crippen LogP contribution < -0.4 is 0 Å². The van der Waals surface area contributed by atoms with Crippen LogP contribution in [0, 0.1) is 0 Å². The zero-order chi connectivity index (χ0) is 25.7. The smallest absolute Gasteiger partial charge is 0.306 e. The average Bonchev–Trinajstić information content (AvgIpc) is 2.86. The van der Waals surface area contributed by atoms with Crippen molar-refractivity contribution in [2.24, 2.45) is 0 Å². The number of ether oxygens (including phenoxy) is 2. The molecule has 0 amide bonds. The Morgan fingerprint density at radius 3 is 1.94 bits per heavy atom. The lowest BCUT2D eigenvalue weighted by Crippen LogP contribution is -2.27. The molecule has 0 aromatic rings.